The molecule has 1 aromatic carbocycles. The van der Waals surface area contributed by atoms with Gasteiger partial charge in [-0.15, -0.1) is 0 Å². The molecule has 1 fully saturated rings. The Hall–Kier alpha value is -1.75. The van der Waals surface area contributed by atoms with Crippen molar-refractivity contribution in [3.8, 4) is 11.5 Å². The van der Waals surface area contributed by atoms with E-state index in [1.807, 2.05) is 11.8 Å². The lowest BCUT2D eigenvalue weighted by molar-refractivity contribution is 0.0637. The number of phenols is 1. The number of phenolic OH excluding ortho intramolecular Hbond substituents is 1. The third kappa shape index (κ3) is 3.29. The molecular weight excluding hydrogens is 268 g/mol. The van der Waals surface area contributed by atoms with E-state index >= 15 is 0 Å². The first kappa shape index (κ1) is 15.6. The van der Waals surface area contributed by atoms with Crippen LogP contribution in [0, 0.1) is 0 Å². The van der Waals surface area contributed by atoms with Crippen molar-refractivity contribution in [1.82, 2.24) is 4.90 Å². The van der Waals surface area contributed by atoms with Gasteiger partial charge in [0.1, 0.15) is 0 Å². The molecule has 1 aliphatic rings. The first-order valence-corrected chi connectivity index (χ1v) is 7.51. The number of aromatic hydroxyl groups is 1. The Morgan fingerprint density at radius 3 is 2.62 bits per heavy atom. The third-order valence-corrected chi connectivity index (χ3v) is 4.23. The minimum Gasteiger partial charge on any atom is -0.504 e. The second-order valence-electron chi connectivity index (χ2n) is 5.52. The molecule has 5 heteroatoms. The molecule has 5 nitrogen and oxygen atoms in total. The number of nitrogens with zero attached hydrogens (tertiary/aromatic N) is 1. The number of benzene rings is 1. The molecule has 1 aromatic rings. The van der Waals surface area contributed by atoms with Gasteiger partial charge in [0.2, 0.25) is 0 Å². The van der Waals surface area contributed by atoms with E-state index in [1.165, 1.54) is 7.11 Å². The molecule has 3 N–H and O–H groups in total. The summed E-state index contributed by atoms with van der Waals surface area (Å²) < 4.78 is 5.07. The molecule has 1 saturated carbocycles. The lowest BCUT2D eigenvalue weighted by atomic mass is 9.90. The maximum atomic E-state index is 12.7. The molecule has 0 atom stereocenters. The summed E-state index contributed by atoms with van der Waals surface area (Å²) in [5, 5.41) is 10.2. The summed E-state index contributed by atoms with van der Waals surface area (Å²) in [6, 6.07) is 5.45. The van der Waals surface area contributed by atoms with E-state index in [1.54, 1.807) is 18.2 Å². The highest BCUT2D eigenvalue weighted by atomic mass is 16.5. The average Bonchev–Trinajstić information content (AvgIpc) is 2.50. The van der Waals surface area contributed by atoms with Crippen LogP contribution in [0.4, 0.5) is 0 Å². The Morgan fingerprint density at radius 2 is 2.05 bits per heavy atom. The summed E-state index contributed by atoms with van der Waals surface area (Å²) in [4.78, 5) is 14.6. The molecule has 0 bridgehead atoms. The zero-order valence-electron chi connectivity index (χ0n) is 12.7. The highest BCUT2D eigenvalue weighted by molar-refractivity contribution is 5.97. The van der Waals surface area contributed by atoms with Crippen molar-refractivity contribution in [2.45, 2.75) is 44.7 Å². The molecule has 0 saturated heterocycles. The summed E-state index contributed by atoms with van der Waals surface area (Å²) in [6.07, 6.45) is 3.73. The van der Waals surface area contributed by atoms with Crippen LogP contribution < -0.4 is 10.5 Å². The minimum atomic E-state index is -0.144. The molecule has 116 valence electrons. The number of rotatable bonds is 4. The van der Waals surface area contributed by atoms with Crippen LogP contribution in [0.15, 0.2) is 18.2 Å². The van der Waals surface area contributed by atoms with Gasteiger partial charge in [-0.2, -0.15) is 0 Å². The van der Waals surface area contributed by atoms with Gasteiger partial charge >= 0.3 is 0 Å². The molecule has 0 unspecified atom stereocenters. The number of para-hydroxylation sites is 1. The van der Waals surface area contributed by atoms with Gasteiger partial charge in [0.05, 0.1) is 12.7 Å². The molecule has 0 radical (unpaired) electrons. The predicted octanol–water partition coefficient (Wildman–Crippen LogP) is 2.13. The highest BCUT2D eigenvalue weighted by Gasteiger charge is 2.29. The Bertz CT molecular complexity index is 496. The Morgan fingerprint density at radius 1 is 1.38 bits per heavy atom. The molecule has 1 amide bonds. The smallest absolute Gasteiger partial charge is 0.257 e. The fourth-order valence-corrected chi connectivity index (χ4v) is 3.00. The number of hydrogen-bond acceptors (Lipinski definition) is 4. The third-order valence-electron chi connectivity index (χ3n) is 4.23. The highest BCUT2D eigenvalue weighted by Crippen LogP contribution is 2.32. The second kappa shape index (κ2) is 6.80. The Balaban J connectivity index is 2.20. The summed E-state index contributed by atoms with van der Waals surface area (Å²) in [5.74, 6) is 0.0906. The fourth-order valence-electron chi connectivity index (χ4n) is 3.00. The monoisotopic (exact) mass is 292 g/mol. The van der Waals surface area contributed by atoms with Gasteiger partial charge in [-0.3, -0.25) is 4.79 Å². The lowest BCUT2D eigenvalue weighted by Gasteiger charge is -2.35. The van der Waals surface area contributed by atoms with E-state index in [0.717, 1.165) is 25.7 Å². The number of carbonyl (C=O) groups is 1. The van der Waals surface area contributed by atoms with Crippen LogP contribution in [-0.2, 0) is 0 Å². The van der Waals surface area contributed by atoms with Crippen molar-refractivity contribution >= 4 is 5.91 Å². The molecule has 21 heavy (non-hydrogen) atoms. The van der Waals surface area contributed by atoms with Crippen molar-refractivity contribution in [2.24, 2.45) is 5.73 Å². The minimum absolute atomic E-state index is 0.0871. The normalized spacial score (nSPS) is 21.9. The van der Waals surface area contributed by atoms with E-state index in [4.69, 9.17) is 10.5 Å². The van der Waals surface area contributed by atoms with Crippen LogP contribution in [0.5, 0.6) is 11.5 Å². The number of ether oxygens (including phenoxy) is 1. The Kier molecular flexibility index (Phi) is 5.07. The first-order chi connectivity index (χ1) is 10.1. The largest absolute Gasteiger partial charge is 0.504 e. The number of carbonyl (C=O) groups excluding carboxylic acids is 1. The van der Waals surface area contributed by atoms with E-state index in [2.05, 4.69) is 0 Å². The molecule has 0 aliphatic heterocycles. The van der Waals surface area contributed by atoms with Gasteiger partial charge in [0.15, 0.2) is 11.5 Å². The average molecular weight is 292 g/mol. The van der Waals surface area contributed by atoms with E-state index in [0.29, 0.717) is 17.9 Å². The van der Waals surface area contributed by atoms with Crippen LogP contribution in [0.25, 0.3) is 0 Å². The van der Waals surface area contributed by atoms with Crippen LogP contribution >= 0.6 is 0 Å². The van der Waals surface area contributed by atoms with Crippen molar-refractivity contribution in [3.63, 3.8) is 0 Å². The van der Waals surface area contributed by atoms with Crippen LogP contribution in [0.2, 0.25) is 0 Å². The molecule has 0 spiro atoms. The first-order valence-electron chi connectivity index (χ1n) is 7.51. The maximum Gasteiger partial charge on any atom is 0.257 e. The topological polar surface area (TPSA) is 75.8 Å². The van der Waals surface area contributed by atoms with Gasteiger partial charge in [-0.05, 0) is 44.7 Å². The number of amides is 1. The van der Waals surface area contributed by atoms with Gasteiger partial charge in [-0.25, -0.2) is 0 Å². The quantitative estimate of drug-likeness (QED) is 0.891. The molecule has 0 heterocycles. The van der Waals surface area contributed by atoms with E-state index in [-0.39, 0.29) is 23.7 Å². The summed E-state index contributed by atoms with van der Waals surface area (Å²) in [7, 11) is 1.48. The zero-order valence-corrected chi connectivity index (χ0v) is 12.7. The van der Waals surface area contributed by atoms with Crippen molar-refractivity contribution in [3.05, 3.63) is 23.8 Å². The standard InChI is InChI=1S/C16H24N2O3/c1-3-18(12-9-7-11(17)8-10-12)16(20)13-5-4-6-14(21-2)15(13)19/h4-6,11-12,19H,3,7-10,17H2,1-2H3. The second-order valence-corrected chi connectivity index (χ2v) is 5.52. The van der Waals surface area contributed by atoms with Gasteiger partial charge in [0, 0.05) is 18.6 Å². The molecule has 2 rings (SSSR count). The van der Waals surface area contributed by atoms with Crippen molar-refractivity contribution in [2.75, 3.05) is 13.7 Å². The summed E-state index contributed by atoms with van der Waals surface area (Å²) in [6.45, 7) is 2.58. The molecular formula is C16H24N2O3. The summed E-state index contributed by atoms with van der Waals surface area (Å²) in [5.41, 5.74) is 6.23. The lowest BCUT2D eigenvalue weighted by Crippen LogP contribution is -2.44. The maximum absolute atomic E-state index is 12.7. The summed E-state index contributed by atoms with van der Waals surface area (Å²) >= 11 is 0. The van der Waals surface area contributed by atoms with Crippen LogP contribution in [0.1, 0.15) is 43.0 Å². The van der Waals surface area contributed by atoms with Crippen LogP contribution in [-0.4, -0.2) is 41.7 Å². The van der Waals surface area contributed by atoms with Gasteiger partial charge in [0.25, 0.3) is 5.91 Å². The predicted molar refractivity (Wildman–Crippen MR) is 81.6 cm³/mol. The number of nitrogens with two attached hydrogens (primary N) is 1. The van der Waals surface area contributed by atoms with Crippen molar-refractivity contribution in [1.29, 1.82) is 0 Å². The van der Waals surface area contributed by atoms with E-state index in [9.17, 15) is 9.90 Å². The van der Waals surface area contributed by atoms with E-state index < -0.39 is 0 Å². The SMILES string of the molecule is CCN(C(=O)c1cccc(OC)c1O)C1CCC(N)CC1. The van der Waals surface area contributed by atoms with Gasteiger partial charge < -0.3 is 20.5 Å². The van der Waals surface area contributed by atoms with Gasteiger partial charge in [-0.1, -0.05) is 6.07 Å². The van der Waals surface area contributed by atoms with Crippen LogP contribution in [0.3, 0.4) is 0 Å². The molecule has 0 aromatic heterocycles. The number of methoxy groups -OCH3 is 1. The fraction of sp³-hybridized carbons (Fsp3) is 0.562. The van der Waals surface area contributed by atoms with Crippen molar-refractivity contribution < 1.29 is 14.6 Å². The number of hydrogen-bond donors (Lipinski definition) is 2. The zero-order chi connectivity index (χ0) is 15.4. The Labute approximate surface area is 125 Å². The molecule has 1 aliphatic carbocycles.